The zero-order valence-corrected chi connectivity index (χ0v) is 15.6. The van der Waals surface area contributed by atoms with Crippen molar-refractivity contribution in [3.05, 3.63) is 36.0 Å². The number of piperidine rings is 1. The molecule has 0 spiro atoms. The van der Waals surface area contributed by atoms with Crippen LogP contribution in [0.5, 0.6) is 5.75 Å². The van der Waals surface area contributed by atoms with Gasteiger partial charge < -0.3 is 15.0 Å². The van der Waals surface area contributed by atoms with E-state index < -0.39 is 0 Å². The summed E-state index contributed by atoms with van der Waals surface area (Å²) in [5.41, 5.74) is 1.85. The molecule has 1 fully saturated rings. The normalized spacial score (nSPS) is 17.6. The Morgan fingerprint density at radius 3 is 2.80 bits per heavy atom. The summed E-state index contributed by atoms with van der Waals surface area (Å²) >= 11 is 0. The Kier molecular flexibility index (Phi) is 5.41. The first-order chi connectivity index (χ1) is 12.0. The Hall–Kier alpha value is -2.30. The van der Waals surface area contributed by atoms with Crippen LogP contribution in [0.2, 0.25) is 0 Å². The minimum atomic E-state index is 0.117. The molecule has 5 heteroatoms. The second kappa shape index (κ2) is 7.72. The maximum Gasteiger partial charge on any atom is 0.229 e. The first-order valence-electron chi connectivity index (χ1n) is 9.14. The molecule has 25 heavy (non-hydrogen) atoms. The van der Waals surface area contributed by atoms with Crippen LogP contribution in [0.4, 0.5) is 17.5 Å². The zero-order valence-electron chi connectivity index (χ0n) is 15.6. The third kappa shape index (κ3) is 4.62. The molecule has 1 aromatic carbocycles. The van der Waals surface area contributed by atoms with Crippen LogP contribution in [0.25, 0.3) is 0 Å². The highest BCUT2D eigenvalue weighted by molar-refractivity contribution is 5.63. The van der Waals surface area contributed by atoms with Crippen LogP contribution in [-0.2, 0) is 0 Å². The Balaban J connectivity index is 1.84. The topological polar surface area (TPSA) is 50.3 Å². The smallest absolute Gasteiger partial charge is 0.229 e. The highest BCUT2D eigenvalue weighted by atomic mass is 16.5. The molecule has 1 aliphatic rings. The third-order valence-corrected chi connectivity index (χ3v) is 4.32. The van der Waals surface area contributed by atoms with Crippen LogP contribution in [0.1, 0.15) is 39.3 Å². The van der Waals surface area contributed by atoms with Crippen molar-refractivity contribution < 1.29 is 4.74 Å². The molecule has 1 saturated heterocycles. The van der Waals surface area contributed by atoms with Crippen LogP contribution in [0.3, 0.4) is 0 Å². The van der Waals surface area contributed by atoms with Crippen LogP contribution >= 0.6 is 0 Å². The fraction of sp³-hybridized carbons (Fsp3) is 0.500. The minimum absolute atomic E-state index is 0.117. The number of aromatic nitrogens is 2. The number of benzene rings is 1. The van der Waals surface area contributed by atoms with Gasteiger partial charge in [-0.15, -0.1) is 0 Å². The summed E-state index contributed by atoms with van der Waals surface area (Å²) in [5.74, 6) is 3.15. The van der Waals surface area contributed by atoms with Gasteiger partial charge in [0.15, 0.2) is 0 Å². The third-order valence-electron chi connectivity index (χ3n) is 4.32. The second-order valence-corrected chi connectivity index (χ2v) is 7.17. The van der Waals surface area contributed by atoms with Gasteiger partial charge in [0.2, 0.25) is 5.95 Å². The number of para-hydroxylation sites is 2. The summed E-state index contributed by atoms with van der Waals surface area (Å²) in [4.78, 5) is 11.7. The number of rotatable bonds is 5. The standard InChI is InChI=1S/C20H28N4O/c1-14(2)25-18-10-6-5-9-17(18)22-20-21-16(4)12-19(23-20)24-11-7-8-15(3)13-24/h5-6,9-10,12,14-15H,7-8,11,13H2,1-4H3,(H,21,22,23). The van der Waals surface area contributed by atoms with Crippen molar-refractivity contribution in [3.8, 4) is 5.75 Å². The van der Waals surface area contributed by atoms with Gasteiger partial charge in [0.25, 0.3) is 0 Å². The molecule has 3 rings (SSSR count). The van der Waals surface area contributed by atoms with E-state index in [-0.39, 0.29) is 6.10 Å². The SMILES string of the molecule is Cc1cc(N2CCCC(C)C2)nc(Nc2ccccc2OC(C)C)n1. The zero-order chi connectivity index (χ0) is 17.8. The van der Waals surface area contributed by atoms with E-state index in [9.17, 15) is 0 Å². The lowest BCUT2D eigenvalue weighted by Crippen LogP contribution is -2.35. The molecule has 1 aromatic heterocycles. The van der Waals surface area contributed by atoms with Gasteiger partial charge in [-0.05, 0) is 51.7 Å². The summed E-state index contributed by atoms with van der Waals surface area (Å²) in [6, 6.07) is 9.98. The number of ether oxygens (including phenoxy) is 1. The monoisotopic (exact) mass is 340 g/mol. The van der Waals surface area contributed by atoms with Crippen molar-refractivity contribution in [2.75, 3.05) is 23.3 Å². The fourth-order valence-electron chi connectivity index (χ4n) is 3.21. The summed E-state index contributed by atoms with van der Waals surface area (Å²) in [6.45, 7) is 10.5. The molecule has 0 bridgehead atoms. The molecule has 0 aliphatic carbocycles. The lowest BCUT2D eigenvalue weighted by atomic mass is 10.0. The van der Waals surface area contributed by atoms with Crippen molar-refractivity contribution in [1.29, 1.82) is 0 Å². The summed E-state index contributed by atoms with van der Waals surface area (Å²) in [6.07, 6.45) is 2.63. The van der Waals surface area contributed by atoms with Crippen LogP contribution in [-0.4, -0.2) is 29.2 Å². The number of hydrogen-bond donors (Lipinski definition) is 1. The number of nitrogens with zero attached hydrogens (tertiary/aromatic N) is 3. The average Bonchev–Trinajstić information content (AvgIpc) is 2.56. The van der Waals surface area contributed by atoms with E-state index in [0.717, 1.165) is 36.0 Å². The molecule has 0 amide bonds. The second-order valence-electron chi connectivity index (χ2n) is 7.17. The van der Waals surface area contributed by atoms with Gasteiger partial charge in [0.05, 0.1) is 11.8 Å². The lowest BCUT2D eigenvalue weighted by Gasteiger charge is -2.32. The molecule has 1 atom stereocenters. The van der Waals surface area contributed by atoms with E-state index >= 15 is 0 Å². The van der Waals surface area contributed by atoms with Gasteiger partial charge in [-0.1, -0.05) is 19.1 Å². The van der Waals surface area contributed by atoms with Gasteiger partial charge in [-0.25, -0.2) is 4.98 Å². The van der Waals surface area contributed by atoms with Gasteiger partial charge in [-0.3, -0.25) is 0 Å². The molecular formula is C20H28N4O. The molecule has 1 unspecified atom stereocenters. The first-order valence-corrected chi connectivity index (χ1v) is 9.14. The Morgan fingerprint density at radius 1 is 1.24 bits per heavy atom. The van der Waals surface area contributed by atoms with E-state index in [1.54, 1.807) is 0 Å². The van der Waals surface area contributed by atoms with Crippen molar-refractivity contribution in [3.63, 3.8) is 0 Å². The van der Waals surface area contributed by atoms with Crippen molar-refractivity contribution in [2.24, 2.45) is 5.92 Å². The fourth-order valence-corrected chi connectivity index (χ4v) is 3.21. The molecular weight excluding hydrogens is 312 g/mol. The largest absolute Gasteiger partial charge is 0.489 e. The van der Waals surface area contributed by atoms with E-state index in [1.807, 2.05) is 45.0 Å². The molecule has 0 saturated carbocycles. The van der Waals surface area contributed by atoms with Gasteiger partial charge in [-0.2, -0.15) is 4.98 Å². The molecule has 1 N–H and O–H groups in total. The Labute approximate surface area is 150 Å². The van der Waals surface area contributed by atoms with Crippen LogP contribution in [0.15, 0.2) is 30.3 Å². The maximum atomic E-state index is 5.88. The van der Waals surface area contributed by atoms with Crippen molar-refractivity contribution >= 4 is 17.5 Å². The molecule has 2 aromatic rings. The summed E-state index contributed by atoms with van der Waals surface area (Å²) in [5, 5.41) is 3.34. The summed E-state index contributed by atoms with van der Waals surface area (Å²) < 4.78 is 5.88. The van der Waals surface area contributed by atoms with E-state index in [1.165, 1.54) is 12.8 Å². The van der Waals surface area contributed by atoms with Gasteiger partial charge >= 0.3 is 0 Å². The highest BCUT2D eigenvalue weighted by Crippen LogP contribution is 2.28. The van der Waals surface area contributed by atoms with Crippen LogP contribution in [0, 0.1) is 12.8 Å². The van der Waals surface area contributed by atoms with E-state index in [0.29, 0.717) is 11.9 Å². The number of anilines is 3. The maximum absolute atomic E-state index is 5.88. The van der Waals surface area contributed by atoms with E-state index in [4.69, 9.17) is 9.72 Å². The quantitative estimate of drug-likeness (QED) is 0.865. The van der Waals surface area contributed by atoms with Crippen molar-refractivity contribution in [1.82, 2.24) is 9.97 Å². The number of nitrogens with one attached hydrogen (secondary N) is 1. The molecule has 5 nitrogen and oxygen atoms in total. The highest BCUT2D eigenvalue weighted by Gasteiger charge is 2.19. The van der Waals surface area contributed by atoms with E-state index in [2.05, 4.69) is 28.2 Å². The first kappa shape index (κ1) is 17.5. The summed E-state index contributed by atoms with van der Waals surface area (Å²) in [7, 11) is 0. The van der Waals surface area contributed by atoms with Crippen molar-refractivity contribution in [2.45, 2.75) is 46.6 Å². The minimum Gasteiger partial charge on any atom is -0.489 e. The molecule has 134 valence electrons. The Bertz CT molecular complexity index is 717. The molecule has 0 radical (unpaired) electrons. The lowest BCUT2D eigenvalue weighted by molar-refractivity contribution is 0.244. The molecule has 1 aliphatic heterocycles. The predicted molar refractivity (Wildman–Crippen MR) is 103 cm³/mol. The average molecular weight is 340 g/mol. The Morgan fingerprint density at radius 2 is 2.04 bits per heavy atom. The van der Waals surface area contributed by atoms with Gasteiger partial charge in [0, 0.05) is 24.8 Å². The number of aryl methyl sites for hydroxylation is 1. The predicted octanol–water partition coefficient (Wildman–Crippen LogP) is 4.55. The van der Waals surface area contributed by atoms with Crippen LogP contribution < -0.4 is 15.0 Å². The molecule has 2 heterocycles. The number of hydrogen-bond acceptors (Lipinski definition) is 5. The van der Waals surface area contributed by atoms with Gasteiger partial charge in [0.1, 0.15) is 11.6 Å².